The molecule has 0 aromatic heterocycles. The van der Waals surface area contributed by atoms with E-state index in [1.807, 2.05) is 36.4 Å². The Balaban J connectivity index is 1.85. The summed E-state index contributed by atoms with van der Waals surface area (Å²) in [5.74, 6) is -1.38. The number of benzene rings is 3. The van der Waals surface area contributed by atoms with E-state index >= 15 is 0 Å². The molecular weight excluding hydrogens is 496 g/mol. The van der Waals surface area contributed by atoms with Gasteiger partial charge in [0.05, 0.1) is 11.1 Å². The number of carbonyl (C=O) groups is 2. The van der Waals surface area contributed by atoms with E-state index in [9.17, 15) is 19.8 Å². The Hall–Kier alpha value is -3.40. The van der Waals surface area contributed by atoms with Gasteiger partial charge < -0.3 is 10.2 Å². The molecule has 214 valence electrons. The van der Waals surface area contributed by atoms with Crippen LogP contribution >= 0.6 is 0 Å². The van der Waals surface area contributed by atoms with Crippen LogP contribution in [0.3, 0.4) is 0 Å². The molecule has 0 bridgehead atoms. The normalized spacial score (nSPS) is 11.9. The predicted octanol–water partition coefficient (Wildman–Crippen LogP) is 9.08. The molecule has 0 aliphatic rings. The van der Waals surface area contributed by atoms with Crippen LogP contribution in [-0.4, -0.2) is 21.8 Å². The van der Waals surface area contributed by atoms with Gasteiger partial charge in [-0.25, -0.2) is 0 Å². The molecule has 0 saturated carbocycles. The van der Waals surface area contributed by atoms with Crippen LogP contribution in [0.5, 0.6) is 11.5 Å². The summed E-state index contributed by atoms with van der Waals surface area (Å²) < 4.78 is 0. The van der Waals surface area contributed by atoms with Gasteiger partial charge >= 0.3 is 0 Å². The largest absolute Gasteiger partial charge is 0.507 e. The number of ketones is 2. The highest BCUT2D eigenvalue weighted by Crippen LogP contribution is 2.33. The fourth-order valence-corrected chi connectivity index (χ4v) is 5.09. The predicted molar refractivity (Wildman–Crippen MR) is 164 cm³/mol. The van der Waals surface area contributed by atoms with Gasteiger partial charge in [0.1, 0.15) is 11.5 Å². The summed E-state index contributed by atoms with van der Waals surface area (Å²) in [7, 11) is 0. The Morgan fingerprint density at radius 1 is 0.550 bits per heavy atom. The van der Waals surface area contributed by atoms with Crippen molar-refractivity contribution in [3.05, 3.63) is 94.0 Å². The summed E-state index contributed by atoms with van der Waals surface area (Å²) in [5.41, 5.74) is 3.43. The first-order valence-corrected chi connectivity index (χ1v) is 14.6. The van der Waals surface area contributed by atoms with Crippen LogP contribution < -0.4 is 0 Å². The first kappa shape index (κ1) is 31.1. The average molecular weight is 543 g/mol. The standard InChI is InChI=1S/C36H46O4/c1-35(2,3)21-13-11-17-25-15-7-9-19-27(25)33(39)29-23-30(32(38)24-31(29)37)34(40)28-20-10-8-16-26(28)18-12-14-22-36(4,5)6/h7-10,15-16,19-20,23-24,37-38H,11-14,17-18,21-22H2,1-6H3. The molecule has 0 aliphatic heterocycles. The van der Waals surface area contributed by atoms with E-state index in [2.05, 4.69) is 41.5 Å². The smallest absolute Gasteiger partial charge is 0.197 e. The fourth-order valence-electron chi connectivity index (χ4n) is 5.09. The number of aromatic hydroxyl groups is 2. The molecule has 0 amide bonds. The van der Waals surface area contributed by atoms with E-state index < -0.39 is 0 Å². The van der Waals surface area contributed by atoms with E-state index in [1.54, 1.807) is 12.1 Å². The van der Waals surface area contributed by atoms with Crippen molar-refractivity contribution in [2.24, 2.45) is 10.8 Å². The molecule has 0 saturated heterocycles. The highest BCUT2D eigenvalue weighted by atomic mass is 16.3. The maximum atomic E-state index is 13.7. The molecule has 4 heteroatoms. The summed E-state index contributed by atoms with van der Waals surface area (Å²) in [4.78, 5) is 27.3. The van der Waals surface area contributed by atoms with Crippen LogP contribution in [0, 0.1) is 10.8 Å². The van der Waals surface area contributed by atoms with E-state index in [0.29, 0.717) is 11.1 Å². The van der Waals surface area contributed by atoms with Gasteiger partial charge in [0.2, 0.25) is 0 Å². The lowest BCUT2D eigenvalue weighted by Gasteiger charge is -2.18. The Labute approximate surface area is 240 Å². The summed E-state index contributed by atoms with van der Waals surface area (Å²) in [5, 5.41) is 21.3. The number of phenolic OH excluding ortho intramolecular Hbond substituents is 2. The highest BCUT2D eigenvalue weighted by Gasteiger charge is 2.24. The maximum absolute atomic E-state index is 13.7. The maximum Gasteiger partial charge on any atom is 0.197 e. The minimum atomic E-state index is -0.353. The molecule has 2 N–H and O–H groups in total. The highest BCUT2D eigenvalue weighted by molar-refractivity contribution is 6.16. The molecule has 0 radical (unpaired) electrons. The van der Waals surface area contributed by atoms with Crippen molar-refractivity contribution in [2.45, 2.75) is 92.9 Å². The molecule has 0 fully saturated rings. The van der Waals surface area contributed by atoms with E-state index in [-0.39, 0.29) is 45.0 Å². The van der Waals surface area contributed by atoms with Crippen LogP contribution in [0.1, 0.15) is 123 Å². The van der Waals surface area contributed by atoms with Gasteiger partial charge in [0.15, 0.2) is 11.6 Å². The molecule has 3 rings (SSSR count). The zero-order valence-electron chi connectivity index (χ0n) is 25.1. The van der Waals surface area contributed by atoms with Crippen molar-refractivity contribution >= 4 is 11.6 Å². The number of unbranched alkanes of at least 4 members (excludes halogenated alkanes) is 2. The number of rotatable bonds is 12. The van der Waals surface area contributed by atoms with Gasteiger partial charge in [-0.1, -0.05) is 103 Å². The fraction of sp³-hybridized carbons (Fsp3) is 0.444. The molecule has 4 nitrogen and oxygen atoms in total. The van der Waals surface area contributed by atoms with E-state index in [0.717, 1.165) is 68.6 Å². The molecule has 0 heterocycles. The van der Waals surface area contributed by atoms with Crippen LogP contribution in [-0.2, 0) is 12.8 Å². The first-order valence-electron chi connectivity index (χ1n) is 14.6. The van der Waals surface area contributed by atoms with E-state index in [4.69, 9.17) is 0 Å². The third-order valence-electron chi connectivity index (χ3n) is 7.37. The third kappa shape index (κ3) is 8.81. The molecule has 3 aromatic rings. The molecule has 0 spiro atoms. The first-order chi connectivity index (χ1) is 18.8. The number of hydrogen-bond acceptors (Lipinski definition) is 4. The van der Waals surface area contributed by atoms with Crippen LogP contribution in [0.2, 0.25) is 0 Å². The SMILES string of the molecule is CC(C)(C)CCCCc1ccccc1C(=O)c1cc(C(=O)c2ccccc2CCCCC(C)(C)C)c(O)cc1O. The van der Waals surface area contributed by atoms with Crippen molar-refractivity contribution < 1.29 is 19.8 Å². The van der Waals surface area contributed by atoms with Crippen molar-refractivity contribution in [3.63, 3.8) is 0 Å². The zero-order valence-corrected chi connectivity index (χ0v) is 25.1. The molecule has 0 unspecified atom stereocenters. The quantitative estimate of drug-likeness (QED) is 0.177. The summed E-state index contributed by atoms with van der Waals surface area (Å²) in [6.07, 6.45) is 7.75. The molecule has 0 aliphatic carbocycles. The Bertz CT molecular complexity index is 1220. The van der Waals surface area contributed by atoms with Crippen molar-refractivity contribution in [2.75, 3.05) is 0 Å². The van der Waals surface area contributed by atoms with Gasteiger partial charge in [0.25, 0.3) is 0 Å². The van der Waals surface area contributed by atoms with E-state index in [1.165, 1.54) is 6.07 Å². The lowest BCUT2D eigenvalue weighted by atomic mass is 9.87. The summed E-state index contributed by atoms with van der Waals surface area (Å²) >= 11 is 0. The number of carbonyl (C=O) groups excluding carboxylic acids is 2. The van der Waals surface area contributed by atoms with Crippen molar-refractivity contribution in [3.8, 4) is 11.5 Å². The third-order valence-corrected chi connectivity index (χ3v) is 7.37. The Morgan fingerprint density at radius 2 is 0.925 bits per heavy atom. The van der Waals surface area contributed by atoms with Crippen molar-refractivity contribution in [1.82, 2.24) is 0 Å². The number of phenols is 2. The van der Waals surface area contributed by atoms with Gasteiger partial charge in [-0.15, -0.1) is 0 Å². The molecule has 40 heavy (non-hydrogen) atoms. The number of aryl methyl sites for hydroxylation is 2. The Morgan fingerprint density at radius 3 is 1.30 bits per heavy atom. The summed E-state index contributed by atoms with van der Waals surface area (Å²) in [6, 6.07) is 17.3. The second-order valence-electron chi connectivity index (χ2n) is 13.4. The monoisotopic (exact) mass is 542 g/mol. The Kier molecular flexibility index (Phi) is 10.4. The zero-order chi connectivity index (χ0) is 29.5. The molecule has 0 atom stereocenters. The van der Waals surface area contributed by atoms with Gasteiger partial charge in [-0.2, -0.15) is 0 Å². The van der Waals surface area contributed by atoms with Gasteiger partial charge in [-0.3, -0.25) is 9.59 Å². The van der Waals surface area contributed by atoms with Crippen molar-refractivity contribution in [1.29, 1.82) is 0 Å². The minimum absolute atomic E-state index is 0.0194. The van der Waals surface area contributed by atoms with Gasteiger partial charge in [-0.05, 0) is 66.5 Å². The molecular formula is C36H46O4. The second kappa shape index (κ2) is 13.3. The van der Waals surface area contributed by atoms with Crippen LogP contribution in [0.25, 0.3) is 0 Å². The molecule has 3 aromatic carbocycles. The van der Waals surface area contributed by atoms with Crippen LogP contribution in [0.15, 0.2) is 60.7 Å². The summed E-state index contributed by atoms with van der Waals surface area (Å²) in [6.45, 7) is 13.3. The topological polar surface area (TPSA) is 74.6 Å². The van der Waals surface area contributed by atoms with Gasteiger partial charge in [0, 0.05) is 17.2 Å². The second-order valence-corrected chi connectivity index (χ2v) is 13.4. The minimum Gasteiger partial charge on any atom is -0.507 e. The van der Waals surface area contributed by atoms with Crippen LogP contribution in [0.4, 0.5) is 0 Å². The average Bonchev–Trinajstić information content (AvgIpc) is 2.88. The lowest BCUT2D eigenvalue weighted by Crippen LogP contribution is -2.10. The number of hydrogen-bond donors (Lipinski definition) is 2. The lowest BCUT2D eigenvalue weighted by molar-refractivity contribution is 0.103.